The van der Waals surface area contributed by atoms with Crippen molar-refractivity contribution in [1.82, 2.24) is 14.9 Å². The molecule has 2 heterocycles. The molecule has 0 fully saturated rings. The number of carbonyl (C=O) groups is 2. The minimum absolute atomic E-state index is 0.0178. The average Bonchev–Trinajstić information content (AvgIpc) is 3.09. The molecule has 0 saturated carbocycles. The number of aryl methyl sites for hydroxylation is 1. The van der Waals surface area contributed by atoms with Crippen molar-refractivity contribution < 1.29 is 9.59 Å². The van der Waals surface area contributed by atoms with Crippen LogP contribution < -0.4 is 10.6 Å². The molecule has 132 valence electrons. The Hall–Kier alpha value is -2.63. The second-order valence-corrected chi connectivity index (χ2v) is 6.62. The number of carbonyl (C=O) groups excluding carboxylic acids is 2. The summed E-state index contributed by atoms with van der Waals surface area (Å²) in [5.74, 6) is -0.116. The van der Waals surface area contributed by atoms with Gasteiger partial charge in [0.25, 0.3) is 5.91 Å². The van der Waals surface area contributed by atoms with Crippen molar-refractivity contribution in [2.45, 2.75) is 45.7 Å². The van der Waals surface area contributed by atoms with Gasteiger partial charge in [-0.3, -0.25) is 9.59 Å². The standard InChI is InChI=1S/C19H24N4O2/c1-3-13(2)21-18(24)14-4-6-16(7-5-14)22-19(25)15-8-9-23-12-20-11-17(23)10-15/h4-7,11-13,15H,3,8-10H2,1-2H3,(H,21,24)(H,22,25)/t13-,15-/m1/s1. The molecule has 0 spiro atoms. The van der Waals surface area contributed by atoms with E-state index in [1.165, 1.54) is 0 Å². The van der Waals surface area contributed by atoms with Crippen LogP contribution in [0.3, 0.4) is 0 Å². The van der Waals surface area contributed by atoms with E-state index in [9.17, 15) is 9.59 Å². The third-order valence-corrected chi connectivity index (χ3v) is 4.75. The van der Waals surface area contributed by atoms with Gasteiger partial charge in [0.15, 0.2) is 0 Å². The summed E-state index contributed by atoms with van der Waals surface area (Å²) >= 11 is 0. The molecular weight excluding hydrogens is 316 g/mol. The van der Waals surface area contributed by atoms with Crippen LogP contribution in [-0.2, 0) is 17.8 Å². The molecule has 0 saturated heterocycles. The van der Waals surface area contributed by atoms with E-state index in [1.54, 1.807) is 24.3 Å². The van der Waals surface area contributed by atoms with Crippen molar-refractivity contribution in [3.63, 3.8) is 0 Å². The largest absolute Gasteiger partial charge is 0.350 e. The van der Waals surface area contributed by atoms with Gasteiger partial charge in [-0.05, 0) is 44.0 Å². The monoisotopic (exact) mass is 340 g/mol. The number of nitrogens with zero attached hydrogens (tertiary/aromatic N) is 2. The zero-order chi connectivity index (χ0) is 17.8. The zero-order valence-electron chi connectivity index (χ0n) is 14.7. The van der Waals surface area contributed by atoms with Gasteiger partial charge in [-0.25, -0.2) is 4.98 Å². The predicted octanol–water partition coefficient (Wildman–Crippen LogP) is 2.61. The zero-order valence-corrected chi connectivity index (χ0v) is 14.7. The Morgan fingerprint density at radius 2 is 2.08 bits per heavy atom. The van der Waals surface area contributed by atoms with E-state index in [0.29, 0.717) is 17.7 Å². The number of imidazole rings is 1. The van der Waals surface area contributed by atoms with Gasteiger partial charge in [-0.2, -0.15) is 0 Å². The van der Waals surface area contributed by atoms with Crippen LogP contribution >= 0.6 is 0 Å². The smallest absolute Gasteiger partial charge is 0.251 e. The maximum Gasteiger partial charge on any atom is 0.251 e. The van der Waals surface area contributed by atoms with Crippen molar-refractivity contribution in [2.24, 2.45) is 5.92 Å². The second kappa shape index (κ2) is 7.51. The van der Waals surface area contributed by atoms with Crippen LogP contribution in [0.4, 0.5) is 5.69 Å². The molecule has 2 aromatic rings. The highest BCUT2D eigenvalue weighted by Crippen LogP contribution is 2.21. The van der Waals surface area contributed by atoms with Gasteiger partial charge in [-0.15, -0.1) is 0 Å². The van der Waals surface area contributed by atoms with E-state index >= 15 is 0 Å². The normalized spacial score (nSPS) is 17.4. The number of fused-ring (bicyclic) bond motifs is 1. The van der Waals surface area contributed by atoms with Crippen LogP contribution in [-0.4, -0.2) is 27.4 Å². The van der Waals surface area contributed by atoms with E-state index in [4.69, 9.17) is 0 Å². The number of aromatic nitrogens is 2. The van der Waals surface area contributed by atoms with Gasteiger partial charge in [0.1, 0.15) is 0 Å². The van der Waals surface area contributed by atoms with E-state index in [0.717, 1.165) is 25.1 Å². The average molecular weight is 340 g/mol. The Kier molecular flexibility index (Phi) is 5.16. The van der Waals surface area contributed by atoms with E-state index < -0.39 is 0 Å². The number of hydrogen-bond acceptors (Lipinski definition) is 3. The fourth-order valence-corrected chi connectivity index (χ4v) is 2.95. The molecule has 0 unspecified atom stereocenters. The summed E-state index contributed by atoms with van der Waals surface area (Å²) in [5, 5.41) is 5.88. The minimum Gasteiger partial charge on any atom is -0.350 e. The molecule has 25 heavy (non-hydrogen) atoms. The molecule has 1 aliphatic heterocycles. The minimum atomic E-state index is -0.0900. The maximum absolute atomic E-state index is 12.5. The highest BCUT2D eigenvalue weighted by atomic mass is 16.2. The molecule has 1 aromatic heterocycles. The van der Waals surface area contributed by atoms with Gasteiger partial charge in [0.05, 0.1) is 6.33 Å². The van der Waals surface area contributed by atoms with Crippen molar-refractivity contribution in [2.75, 3.05) is 5.32 Å². The van der Waals surface area contributed by atoms with Gasteiger partial charge < -0.3 is 15.2 Å². The van der Waals surface area contributed by atoms with E-state index in [-0.39, 0.29) is 23.8 Å². The van der Waals surface area contributed by atoms with Crippen molar-refractivity contribution >= 4 is 17.5 Å². The second-order valence-electron chi connectivity index (χ2n) is 6.62. The molecule has 2 amide bonds. The van der Waals surface area contributed by atoms with Gasteiger partial charge in [0.2, 0.25) is 5.91 Å². The first-order valence-electron chi connectivity index (χ1n) is 8.77. The maximum atomic E-state index is 12.5. The SMILES string of the molecule is CC[C@@H](C)NC(=O)c1ccc(NC(=O)[C@@H]2CCn3cncc3C2)cc1. The lowest BCUT2D eigenvalue weighted by Gasteiger charge is -2.23. The van der Waals surface area contributed by atoms with E-state index in [2.05, 4.69) is 20.2 Å². The first-order chi connectivity index (χ1) is 12.1. The molecule has 3 rings (SSSR count). The van der Waals surface area contributed by atoms with Crippen LogP contribution in [0.1, 0.15) is 42.7 Å². The highest BCUT2D eigenvalue weighted by molar-refractivity contribution is 5.96. The Labute approximate surface area is 147 Å². The molecule has 0 bridgehead atoms. The lowest BCUT2D eigenvalue weighted by Crippen LogP contribution is -2.32. The van der Waals surface area contributed by atoms with Gasteiger partial charge in [-0.1, -0.05) is 6.92 Å². The summed E-state index contributed by atoms with van der Waals surface area (Å²) in [4.78, 5) is 28.7. The number of anilines is 1. The topological polar surface area (TPSA) is 76.0 Å². The molecule has 1 aromatic carbocycles. The summed E-state index contributed by atoms with van der Waals surface area (Å²) in [5.41, 5.74) is 2.41. The Balaban J connectivity index is 1.58. The van der Waals surface area contributed by atoms with Crippen LogP contribution in [0.25, 0.3) is 0 Å². The fourth-order valence-electron chi connectivity index (χ4n) is 2.95. The summed E-state index contributed by atoms with van der Waals surface area (Å²) in [6, 6.07) is 7.17. The molecule has 1 aliphatic rings. The summed E-state index contributed by atoms with van der Waals surface area (Å²) in [7, 11) is 0. The Morgan fingerprint density at radius 1 is 1.32 bits per heavy atom. The fraction of sp³-hybridized carbons (Fsp3) is 0.421. The summed E-state index contributed by atoms with van der Waals surface area (Å²) in [6.07, 6.45) is 6.04. The highest BCUT2D eigenvalue weighted by Gasteiger charge is 2.24. The molecule has 0 aliphatic carbocycles. The summed E-state index contributed by atoms with van der Waals surface area (Å²) in [6.45, 7) is 4.83. The van der Waals surface area contributed by atoms with Crippen LogP contribution in [0.15, 0.2) is 36.8 Å². The summed E-state index contributed by atoms with van der Waals surface area (Å²) < 4.78 is 2.09. The van der Waals surface area contributed by atoms with E-state index in [1.807, 2.05) is 26.4 Å². The molecule has 0 radical (unpaired) electrons. The molecule has 2 N–H and O–H groups in total. The number of nitrogens with one attached hydrogen (secondary N) is 2. The van der Waals surface area contributed by atoms with Crippen molar-refractivity contribution in [3.05, 3.63) is 48.0 Å². The quantitative estimate of drug-likeness (QED) is 0.878. The number of hydrogen-bond donors (Lipinski definition) is 2. The molecule has 2 atom stereocenters. The molecule has 6 heteroatoms. The lowest BCUT2D eigenvalue weighted by atomic mass is 9.95. The molecular formula is C19H24N4O2. The first-order valence-corrected chi connectivity index (χ1v) is 8.77. The third kappa shape index (κ3) is 4.07. The number of amides is 2. The first kappa shape index (κ1) is 17.2. The lowest BCUT2D eigenvalue weighted by molar-refractivity contribution is -0.120. The number of rotatable bonds is 5. The third-order valence-electron chi connectivity index (χ3n) is 4.75. The Morgan fingerprint density at radius 3 is 2.80 bits per heavy atom. The number of benzene rings is 1. The van der Waals surface area contributed by atoms with Crippen LogP contribution in [0, 0.1) is 5.92 Å². The van der Waals surface area contributed by atoms with Gasteiger partial charge in [0, 0.05) is 48.1 Å². The predicted molar refractivity (Wildman–Crippen MR) is 96.3 cm³/mol. The van der Waals surface area contributed by atoms with Crippen LogP contribution in [0.5, 0.6) is 0 Å². The Bertz CT molecular complexity index is 751. The van der Waals surface area contributed by atoms with Gasteiger partial charge >= 0.3 is 0 Å². The van der Waals surface area contributed by atoms with Crippen molar-refractivity contribution in [1.29, 1.82) is 0 Å². The van der Waals surface area contributed by atoms with Crippen molar-refractivity contribution in [3.8, 4) is 0 Å². The molecule has 6 nitrogen and oxygen atoms in total. The van der Waals surface area contributed by atoms with Crippen LogP contribution in [0.2, 0.25) is 0 Å².